The Bertz CT molecular complexity index is 1170. The molecule has 5 rings (SSSR count). The fourth-order valence-corrected chi connectivity index (χ4v) is 5.46. The van der Waals surface area contributed by atoms with Gasteiger partial charge in [0.1, 0.15) is 11.6 Å². The number of anilines is 2. The zero-order valence-electron chi connectivity index (χ0n) is 15.7. The molecule has 0 saturated carbocycles. The Morgan fingerprint density at radius 2 is 1.60 bits per heavy atom. The van der Waals surface area contributed by atoms with Crippen molar-refractivity contribution in [1.82, 2.24) is 0 Å². The van der Waals surface area contributed by atoms with Gasteiger partial charge in [0.25, 0.3) is 5.91 Å². The first kappa shape index (κ1) is 18.8. The lowest BCUT2D eigenvalue weighted by Crippen LogP contribution is -2.49. The van der Waals surface area contributed by atoms with E-state index in [1.54, 1.807) is 24.3 Å². The minimum Gasteiger partial charge on any atom is -0.304 e. The maximum atomic E-state index is 14.3. The third-order valence-electron chi connectivity index (χ3n) is 5.43. The zero-order valence-corrected chi connectivity index (χ0v) is 16.5. The molecule has 1 saturated heterocycles. The van der Waals surface area contributed by atoms with Crippen molar-refractivity contribution in [2.45, 2.75) is 11.4 Å². The van der Waals surface area contributed by atoms with Gasteiger partial charge in [-0.05, 0) is 36.4 Å². The highest BCUT2D eigenvalue weighted by Crippen LogP contribution is 2.55. The SMILES string of the molecule is O=C1CS[C@]2(C(=O)N(Cc3ccccc3F)c3ccccc32)N1c1ccc(F)cc1. The number of carbonyl (C=O) groups excluding carboxylic acids is 2. The van der Waals surface area contributed by atoms with Gasteiger partial charge in [0.15, 0.2) is 0 Å². The molecular weight excluding hydrogens is 406 g/mol. The smallest absolute Gasteiger partial charge is 0.269 e. The molecule has 30 heavy (non-hydrogen) atoms. The molecule has 7 heteroatoms. The summed E-state index contributed by atoms with van der Waals surface area (Å²) in [7, 11) is 0. The van der Waals surface area contributed by atoms with E-state index in [2.05, 4.69) is 0 Å². The predicted molar refractivity (Wildman–Crippen MR) is 112 cm³/mol. The first-order valence-corrected chi connectivity index (χ1v) is 10.4. The van der Waals surface area contributed by atoms with Crippen molar-refractivity contribution in [3.8, 4) is 0 Å². The number of para-hydroxylation sites is 1. The Morgan fingerprint density at radius 3 is 2.37 bits per heavy atom. The molecule has 3 aromatic rings. The van der Waals surface area contributed by atoms with E-state index in [9.17, 15) is 18.4 Å². The Morgan fingerprint density at radius 1 is 0.900 bits per heavy atom. The van der Waals surface area contributed by atoms with Gasteiger partial charge < -0.3 is 4.90 Å². The van der Waals surface area contributed by atoms with E-state index in [1.165, 1.54) is 51.9 Å². The van der Waals surface area contributed by atoms with E-state index in [0.717, 1.165) is 0 Å². The van der Waals surface area contributed by atoms with Crippen LogP contribution in [0.1, 0.15) is 11.1 Å². The number of hydrogen-bond donors (Lipinski definition) is 0. The lowest BCUT2D eigenvalue weighted by molar-refractivity contribution is -0.123. The number of nitrogens with zero attached hydrogens (tertiary/aromatic N) is 2. The third kappa shape index (κ3) is 2.65. The molecule has 2 amide bonds. The van der Waals surface area contributed by atoms with Crippen LogP contribution in [-0.2, 0) is 21.0 Å². The van der Waals surface area contributed by atoms with Gasteiger partial charge in [-0.25, -0.2) is 8.78 Å². The van der Waals surface area contributed by atoms with Crippen molar-refractivity contribution in [3.63, 3.8) is 0 Å². The lowest BCUT2D eigenvalue weighted by Gasteiger charge is -2.33. The minimum atomic E-state index is -1.29. The summed E-state index contributed by atoms with van der Waals surface area (Å²) in [5.74, 6) is -1.25. The Hall–Kier alpha value is -3.19. The molecule has 0 radical (unpaired) electrons. The van der Waals surface area contributed by atoms with Crippen LogP contribution in [0, 0.1) is 11.6 Å². The summed E-state index contributed by atoms with van der Waals surface area (Å²) in [5, 5.41) is 0. The zero-order chi connectivity index (χ0) is 20.9. The standard InChI is InChI=1S/C23H16F2N2O2S/c24-16-9-11-17(12-10-16)27-21(28)14-30-23(27)18-6-2-4-8-20(18)26(22(23)29)13-15-5-1-3-7-19(15)25/h1-12H,13-14H2/t23-/m1/s1. The number of rotatable bonds is 3. The lowest BCUT2D eigenvalue weighted by atomic mass is 10.0. The van der Waals surface area contributed by atoms with Crippen molar-refractivity contribution < 1.29 is 18.4 Å². The topological polar surface area (TPSA) is 40.6 Å². The summed E-state index contributed by atoms with van der Waals surface area (Å²) in [4.78, 5) is 28.4. The third-order valence-corrected chi connectivity index (χ3v) is 6.82. The monoisotopic (exact) mass is 422 g/mol. The highest BCUT2D eigenvalue weighted by atomic mass is 32.2. The number of thioether (sulfide) groups is 1. The average molecular weight is 422 g/mol. The number of benzene rings is 3. The summed E-state index contributed by atoms with van der Waals surface area (Å²) in [6.45, 7) is 0.0519. The van der Waals surface area contributed by atoms with E-state index < -0.39 is 16.5 Å². The quantitative estimate of drug-likeness (QED) is 0.627. The van der Waals surface area contributed by atoms with E-state index in [4.69, 9.17) is 0 Å². The highest BCUT2D eigenvalue weighted by Gasteiger charge is 2.60. The van der Waals surface area contributed by atoms with Crippen molar-refractivity contribution in [3.05, 3.63) is 95.6 Å². The largest absolute Gasteiger partial charge is 0.304 e. The number of halogens is 2. The molecule has 2 aliphatic rings. The first-order chi connectivity index (χ1) is 14.5. The number of fused-ring (bicyclic) bond motifs is 2. The van der Waals surface area contributed by atoms with Crippen LogP contribution < -0.4 is 9.80 Å². The number of amides is 2. The van der Waals surface area contributed by atoms with Gasteiger partial charge in [0.2, 0.25) is 10.8 Å². The summed E-state index contributed by atoms with van der Waals surface area (Å²) in [6, 6.07) is 19.1. The number of hydrogen-bond acceptors (Lipinski definition) is 3. The van der Waals surface area contributed by atoms with Crippen molar-refractivity contribution in [2.24, 2.45) is 0 Å². The van der Waals surface area contributed by atoms with Crippen LogP contribution in [0.5, 0.6) is 0 Å². The molecule has 150 valence electrons. The van der Waals surface area contributed by atoms with Crippen LogP contribution in [-0.4, -0.2) is 17.6 Å². The van der Waals surface area contributed by atoms with Gasteiger partial charge in [-0.1, -0.05) is 36.4 Å². The van der Waals surface area contributed by atoms with Gasteiger partial charge in [0, 0.05) is 16.8 Å². The van der Waals surface area contributed by atoms with Crippen LogP contribution in [0.2, 0.25) is 0 Å². The van der Waals surface area contributed by atoms with Gasteiger partial charge in [0.05, 0.1) is 18.0 Å². The number of carbonyl (C=O) groups is 2. The minimum absolute atomic E-state index is 0.0519. The second-order valence-electron chi connectivity index (χ2n) is 7.14. The Balaban J connectivity index is 1.65. The molecule has 0 aromatic heterocycles. The normalized spacial score (nSPS) is 20.3. The van der Waals surface area contributed by atoms with E-state index in [0.29, 0.717) is 22.5 Å². The van der Waals surface area contributed by atoms with Crippen molar-refractivity contribution in [2.75, 3.05) is 15.6 Å². The molecule has 4 nitrogen and oxygen atoms in total. The second kappa shape index (κ2) is 6.95. The van der Waals surface area contributed by atoms with E-state index >= 15 is 0 Å². The first-order valence-electron chi connectivity index (χ1n) is 9.40. The van der Waals surface area contributed by atoms with E-state index in [1.807, 2.05) is 18.2 Å². The van der Waals surface area contributed by atoms with Crippen LogP contribution >= 0.6 is 11.8 Å². The Kier molecular flexibility index (Phi) is 4.36. The maximum Gasteiger partial charge on any atom is 0.269 e. The molecule has 0 aliphatic carbocycles. The molecule has 2 heterocycles. The maximum absolute atomic E-state index is 14.3. The molecule has 1 fully saturated rings. The summed E-state index contributed by atoms with van der Waals surface area (Å²) in [6.07, 6.45) is 0. The summed E-state index contributed by atoms with van der Waals surface area (Å²) in [5.41, 5.74) is 2.15. The van der Waals surface area contributed by atoms with Gasteiger partial charge in [-0.2, -0.15) is 0 Å². The molecule has 1 atom stereocenters. The van der Waals surface area contributed by atoms with Crippen LogP contribution in [0.4, 0.5) is 20.2 Å². The molecular formula is C23H16F2N2O2S. The molecule has 0 bridgehead atoms. The summed E-state index contributed by atoms with van der Waals surface area (Å²) < 4.78 is 27.8. The Labute approximate surface area is 176 Å². The predicted octanol–water partition coefficient (Wildman–Crippen LogP) is 4.44. The van der Waals surface area contributed by atoms with Gasteiger partial charge in [-0.3, -0.25) is 14.5 Å². The summed E-state index contributed by atoms with van der Waals surface area (Å²) >= 11 is 1.23. The highest BCUT2D eigenvalue weighted by molar-refractivity contribution is 8.02. The van der Waals surface area contributed by atoms with E-state index in [-0.39, 0.29) is 24.1 Å². The fraction of sp³-hybridized carbons (Fsp3) is 0.130. The van der Waals surface area contributed by atoms with Crippen molar-refractivity contribution >= 4 is 35.0 Å². The van der Waals surface area contributed by atoms with Gasteiger partial charge in [-0.15, -0.1) is 11.8 Å². The van der Waals surface area contributed by atoms with Crippen LogP contribution in [0.3, 0.4) is 0 Å². The van der Waals surface area contributed by atoms with Crippen LogP contribution in [0.25, 0.3) is 0 Å². The molecule has 0 N–H and O–H groups in total. The average Bonchev–Trinajstić information content (AvgIpc) is 3.22. The molecule has 2 aliphatic heterocycles. The second-order valence-corrected chi connectivity index (χ2v) is 8.31. The molecule has 3 aromatic carbocycles. The fourth-order valence-electron chi connectivity index (χ4n) is 4.10. The molecule has 1 spiro atoms. The van der Waals surface area contributed by atoms with Gasteiger partial charge >= 0.3 is 0 Å². The van der Waals surface area contributed by atoms with Crippen molar-refractivity contribution in [1.29, 1.82) is 0 Å². The molecule has 0 unspecified atom stereocenters. The van der Waals surface area contributed by atoms with Crippen LogP contribution in [0.15, 0.2) is 72.8 Å².